The third-order valence-corrected chi connectivity index (χ3v) is 4.56. The molecule has 0 aromatic rings. The van der Waals surface area contributed by atoms with Crippen molar-refractivity contribution in [3.63, 3.8) is 0 Å². The van der Waals surface area contributed by atoms with Crippen LogP contribution >= 0.6 is 0 Å². The van der Waals surface area contributed by atoms with Crippen LogP contribution in [0.3, 0.4) is 0 Å². The van der Waals surface area contributed by atoms with Crippen LogP contribution in [0.4, 0.5) is 0 Å². The van der Waals surface area contributed by atoms with Crippen LogP contribution < -0.4 is 0 Å². The van der Waals surface area contributed by atoms with Crippen molar-refractivity contribution in [2.24, 2.45) is 11.8 Å². The zero-order valence-electron chi connectivity index (χ0n) is 11.2. The highest BCUT2D eigenvalue weighted by molar-refractivity contribution is 4.83. The number of ether oxygens (including phenoxy) is 1. The highest BCUT2D eigenvalue weighted by Crippen LogP contribution is 2.39. The molecule has 17 heavy (non-hydrogen) atoms. The predicted octanol–water partition coefficient (Wildman–Crippen LogP) is 3.52. The summed E-state index contributed by atoms with van der Waals surface area (Å²) in [5, 5.41) is 9.35. The van der Waals surface area contributed by atoms with E-state index in [0.29, 0.717) is 12.7 Å². The van der Waals surface area contributed by atoms with Crippen LogP contribution in [0.25, 0.3) is 0 Å². The molecule has 2 aliphatic carbocycles. The zero-order chi connectivity index (χ0) is 12.1. The van der Waals surface area contributed by atoms with Crippen molar-refractivity contribution in [1.82, 2.24) is 0 Å². The molecule has 0 aromatic carbocycles. The summed E-state index contributed by atoms with van der Waals surface area (Å²) in [5.74, 6) is 1.69. The third kappa shape index (κ3) is 3.96. The Morgan fingerprint density at radius 2 is 1.65 bits per heavy atom. The molecule has 100 valence electrons. The van der Waals surface area contributed by atoms with Gasteiger partial charge in [0.05, 0.1) is 18.8 Å². The summed E-state index contributed by atoms with van der Waals surface area (Å²) in [6, 6.07) is 0. The summed E-state index contributed by atoms with van der Waals surface area (Å²) < 4.78 is 5.96. The lowest BCUT2D eigenvalue weighted by Gasteiger charge is -2.39. The maximum Gasteiger partial charge on any atom is 0.0745 e. The molecule has 2 nitrogen and oxygen atoms in total. The van der Waals surface area contributed by atoms with Gasteiger partial charge in [-0.15, -0.1) is 0 Å². The van der Waals surface area contributed by atoms with Crippen LogP contribution in [0.5, 0.6) is 0 Å². The van der Waals surface area contributed by atoms with Gasteiger partial charge in [-0.1, -0.05) is 44.9 Å². The molecule has 1 N–H and O–H groups in total. The SMILES string of the molecule is CC(O)COC1CCCCC1C1CCCCC1. The van der Waals surface area contributed by atoms with Gasteiger partial charge in [-0.3, -0.25) is 0 Å². The van der Waals surface area contributed by atoms with Gasteiger partial charge in [-0.25, -0.2) is 0 Å². The highest BCUT2D eigenvalue weighted by atomic mass is 16.5. The minimum Gasteiger partial charge on any atom is -0.391 e. The van der Waals surface area contributed by atoms with Gasteiger partial charge < -0.3 is 9.84 Å². The van der Waals surface area contributed by atoms with Crippen molar-refractivity contribution in [1.29, 1.82) is 0 Å². The average Bonchev–Trinajstić information content (AvgIpc) is 2.38. The number of hydrogen-bond acceptors (Lipinski definition) is 2. The van der Waals surface area contributed by atoms with Crippen LogP contribution in [-0.2, 0) is 4.74 Å². The summed E-state index contributed by atoms with van der Waals surface area (Å²) in [6.45, 7) is 2.34. The van der Waals surface area contributed by atoms with E-state index in [4.69, 9.17) is 4.74 Å². The molecule has 3 atom stereocenters. The van der Waals surface area contributed by atoms with Crippen LogP contribution in [0.15, 0.2) is 0 Å². The van der Waals surface area contributed by atoms with E-state index >= 15 is 0 Å². The standard InChI is InChI=1S/C15H28O2/c1-12(16)11-17-15-10-6-5-9-14(15)13-7-3-2-4-8-13/h12-16H,2-11H2,1H3. The first-order valence-corrected chi connectivity index (χ1v) is 7.57. The second-order valence-electron chi connectivity index (χ2n) is 6.07. The molecule has 0 radical (unpaired) electrons. The molecule has 2 fully saturated rings. The smallest absolute Gasteiger partial charge is 0.0745 e. The first-order chi connectivity index (χ1) is 8.27. The van der Waals surface area contributed by atoms with Gasteiger partial charge in [-0.2, -0.15) is 0 Å². The Balaban J connectivity index is 1.86. The summed E-state index contributed by atoms with van der Waals surface area (Å²) in [6.07, 6.45) is 12.5. The molecule has 3 unspecified atom stereocenters. The van der Waals surface area contributed by atoms with Crippen LogP contribution in [0.2, 0.25) is 0 Å². The lowest BCUT2D eigenvalue weighted by atomic mass is 9.72. The van der Waals surface area contributed by atoms with Crippen molar-refractivity contribution < 1.29 is 9.84 Å². The van der Waals surface area contributed by atoms with Crippen molar-refractivity contribution in [2.45, 2.75) is 76.9 Å². The first kappa shape index (κ1) is 13.4. The Morgan fingerprint density at radius 3 is 2.35 bits per heavy atom. The van der Waals surface area contributed by atoms with E-state index in [0.717, 1.165) is 11.8 Å². The largest absolute Gasteiger partial charge is 0.391 e. The fourth-order valence-electron chi connectivity index (χ4n) is 3.70. The molecule has 0 bridgehead atoms. The second kappa shape index (κ2) is 6.75. The van der Waals surface area contributed by atoms with Gasteiger partial charge in [-0.05, 0) is 31.6 Å². The lowest BCUT2D eigenvalue weighted by Crippen LogP contribution is -2.35. The molecule has 2 rings (SSSR count). The molecule has 0 aromatic heterocycles. The Hall–Kier alpha value is -0.0800. The van der Waals surface area contributed by atoms with Crippen molar-refractivity contribution >= 4 is 0 Å². The van der Waals surface area contributed by atoms with E-state index in [1.807, 2.05) is 6.92 Å². The molecule has 0 heterocycles. The van der Waals surface area contributed by atoms with E-state index in [1.54, 1.807) is 0 Å². The number of aliphatic hydroxyl groups is 1. The summed E-state index contributed by atoms with van der Waals surface area (Å²) in [4.78, 5) is 0. The molecule has 2 aliphatic rings. The van der Waals surface area contributed by atoms with Crippen LogP contribution in [-0.4, -0.2) is 23.9 Å². The topological polar surface area (TPSA) is 29.5 Å². The fourth-order valence-corrected chi connectivity index (χ4v) is 3.70. The first-order valence-electron chi connectivity index (χ1n) is 7.57. The molecule has 0 aliphatic heterocycles. The van der Waals surface area contributed by atoms with Crippen molar-refractivity contribution in [2.75, 3.05) is 6.61 Å². The maximum atomic E-state index is 9.35. The Kier molecular flexibility index (Phi) is 5.30. The lowest BCUT2D eigenvalue weighted by molar-refractivity contribution is -0.0636. The molecule has 0 amide bonds. The minimum absolute atomic E-state index is 0.316. The van der Waals surface area contributed by atoms with Gasteiger partial charge in [0.15, 0.2) is 0 Å². The van der Waals surface area contributed by atoms with E-state index in [2.05, 4.69) is 0 Å². The Bertz CT molecular complexity index is 209. The summed E-state index contributed by atoms with van der Waals surface area (Å²) >= 11 is 0. The number of hydrogen-bond donors (Lipinski definition) is 1. The minimum atomic E-state index is -0.316. The highest BCUT2D eigenvalue weighted by Gasteiger charge is 2.33. The van der Waals surface area contributed by atoms with Crippen LogP contribution in [0, 0.1) is 11.8 Å². The molecule has 0 saturated heterocycles. The third-order valence-electron chi connectivity index (χ3n) is 4.56. The van der Waals surface area contributed by atoms with Gasteiger partial charge >= 0.3 is 0 Å². The van der Waals surface area contributed by atoms with Gasteiger partial charge in [0, 0.05) is 0 Å². The molecule has 0 spiro atoms. The van der Waals surface area contributed by atoms with E-state index < -0.39 is 0 Å². The number of aliphatic hydroxyl groups excluding tert-OH is 1. The van der Waals surface area contributed by atoms with Crippen molar-refractivity contribution in [3.05, 3.63) is 0 Å². The molecular formula is C15H28O2. The number of rotatable bonds is 4. The Labute approximate surface area is 106 Å². The fraction of sp³-hybridized carbons (Fsp3) is 1.00. The molecule has 2 heteroatoms. The second-order valence-corrected chi connectivity index (χ2v) is 6.07. The zero-order valence-corrected chi connectivity index (χ0v) is 11.2. The van der Waals surface area contributed by atoms with Crippen molar-refractivity contribution in [3.8, 4) is 0 Å². The van der Waals surface area contributed by atoms with Crippen LogP contribution in [0.1, 0.15) is 64.7 Å². The Morgan fingerprint density at radius 1 is 1.00 bits per heavy atom. The maximum absolute atomic E-state index is 9.35. The van der Waals surface area contributed by atoms with Gasteiger partial charge in [0.2, 0.25) is 0 Å². The van der Waals surface area contributed by atoms with Gasteiger partial charge in [0.1, 0.15) is 0 Å². The average molecular weight is 240 g/mol. The quantitative estimate of drug-likeness (QED) is 0.814. The van der Waals surface area contributed by atoms with E-state index in [-0.39, 0.29) is 6.10 Å². The van der Waals surface area contributed by atoms with E-state index in [9.17, 15) is 5.11 Å². The van der Waals surface area contributed by atoms with E-state index in [1.165, 1.54) is 57.8 Å². The monoisotopic (exact) mass is 240 g/mol. The normalized spacial score (nSPS) is 33.5. The van der Waals surface area contributed by atoms with Gasteiger partial charge in [0.25, 0.3) is 0 Å². The summed E-state index contributed by atoms with van der Waals surface area (Å²) in [7, 11) is 0. The molecular weight excluding hydrogens is 212 g/mol. The predicted molar refractivity (Wildman–Crippen MR) is 70.0 cm³/mol. The summed E-state index contributed by atoms with van der Waals surface area (Å²) in [5.41, 5.74) is 0. The molecule has 2 saturated carbocycles.